The van der Waals surface area contributed by atoms with Crippen molar-refractivity contribution in [2.75, 3.05) is 13.1 Å². The summed E-state index contributed by atoms with van der Waals surface area (Å²) in [6, 6.07) is 0. The van der Waals surface area contributed by atoms with E-state index in [2.05, 4.69) is 0 Å². The topological polar surface area (TPSA) is 94.9 Å². The first-order valence-corrected chi connectivity index (χ1v) is 7.22. The van der Waals surface area contributed by atoms with Gasteiger partial charge in [-0.15, -0.1) is 0 Å². The van der Waals surface area contributed by atoms with Crippen LogP contribution in [-0.4, -0.2) is 46.0 Å². The highest BCUT2D eigenvalue weighted by Crippen LogP contribution is 2.30. The maximum atomic E-state index is 12.2. The van der Waals surface area contributed by atoms with Crippen molar-refractivity contribution in [1.29, 1.82) is 0 Å². The molecule has 2 fully saturated rings. The SMILES string of the molecule is O=C(O)C1CCN(C(=O)CC2CCCC2)CC1C(=O)O. The van der Waals surface area contributed by atoms with Gasteiger partial charge in [0.2, 0.25) is 5.91 Å². The molecule has 6 heteroatoms. The highest BCUT2D eigenvalue weighted by atomic mass is 16.4. The zero-order valence-electron chi connectivity index (χ0n) is 11.5. The molecule has 2 aliphatic rings. The number of piperidine rings is 1. The van der Waals surface area contributed by atoms with E-state index in [1.54, 1.807) is 0 Å². The van der Waals surface area contributed by atoms with E-state index in [1.165, 1.54) is 4.90 Å². The van der Waals surface area contributed by atoms with Gasteiger partial charge in [0.05, 0.1) is 11.8 Å². The molecule has 112 valence electrons. The Balaban J connectivity index is 1.95. The lowest BCUT2D eigenvalue weighted by Crippen LogP contribution is -2.48. The Kier molecular flexibility index (Phi) is 4.62. The van der Waals surface area contributed by atoms with Gasteiger partial charge in [0.25, 0.3) is 0 Å². The van der Waals surface area contributed by atoms with Crippen LogP contribution in [0.1, 0.15) is 38.5 Å². The monoisotopic (exact) mass is 283 g/mol. The molecular weight excluding hydrogens is 262 g/mol. The molecule has 1 saturated carbocycles. The van der Waals surface area contributed by atoms with E-state index < -0.39 is 23.8 Å². The molecule has 20 heavy (non-hydrogen) atoms. The van der Waals surface area contributed by atoms with E-state index in [9.17, 15) is 14.4 Å². The van der Waals surface area contributed by atoms with Gasteiger partial charge in [-0.05, 0) is 25.2 Å². The average molecular weight is 283 g/mol. The summed E-state index contributed by atoms with van der Waals surface area (Å²) in [5.41, 5.74) is 0. The molecule has 2 atom stereocenters. The van der Waals surface area contributed by atoms with Gasteiger partial charge in [-0.1, -0.05) is 12.8 Å². The molecule has 1 saturated heterocycles. The van der Waals surface area contributed by atoms with Gasteiger partial charge in [-0.3, -0.25) is 14.4 Å². The summed E-state index contributed by atoms with van der Waals surface area (Å²) in [7, 11) is 0. The Morgan fingerprint density at radius 1 is 0.950 bits per heavy atom. The van der Waals surface area contributed by atoms with Crippen molar-refractivity contribution in [3.8, 4) is 0 Å². The zero-order chi connectivity index (χ0) is 14.7. The van der Waals surface area contributed by atoms with Gasteiger partial charge in [-0.25, -0.2) is 0 Å². The van der Waals surface area contributed by atoms with Crippen LogP contribution in [0.2, 0.25) is 0 Å². The van der Waals surface area contributed by atoms with Crippen molar-refractivity contribution in [2.45, 2.75) is 38.5 Å². The van der Waals surface area contributed by atoms with Gasteiger partial charge in [0.15, 0.2) is 0 Å². The molecule has 1 heterocycles. The van der Waals surface area contributed by atoms with Crippen molar-refractivity contribution >= 4 is 17.8 Å². The first-order valence-electron chi connectivity index (χ1n) is 7.22. The molecule has 0 radical (unpaired) electrons. The highest BCUT2D eigenvalue weighted by Gasteiger charge is 2.40. The highest BCUT2D eigenvalue weighted by molar-refractivity contribution is 5.82. The quantitative estimate of drug-likeness (QED) is 0.808. The minimum atomic E-state index is -1.13. The normalized spacial score (nSPS) is 27.5. The summed E-state index contributed by atoms with van der Waals surface area (Å²) >= 11 is 0. The van der Waals surface area contributed by atoms with Gasteiger partial charge in [0.1, 0.15) is 0 Å². The lowest BCUT2D eigenvalue weighted by atomic mass is 9.85. The minimum Gasteiger partial charge on any atom is -0.481 e. The molecule has 6 nitrogen and oxygen atoms in total. The first-order chi connectivity index (χ1) is 9.49. The number of carboxylic acid groups (broad SMARTS) is 2. The molecule has 1 aliphatic carbocycles. The number of carbonyl (C=O) groups is 3. The Labute approximate surface area is 117 Å². The first kappa shape index (κ1) is 14.8. The molecule has 2 unspecified atom stereocenters. The van der Waals surface area contributed by atoms with Crippen LogP contribution in [0.5, 0.6) is 0 Å². The molecule has 0 aromatic heterocycles. The fourth-order valence-electron chi connectivity index (χ4n) is 3.31. The van der Waals surface area contributed by atoms with Gasteiger partial charge in [-0.2, -0.15) is 0 Å². The summed E-state index contributed by atoms with van der Waals surface area (Å²) in [6.45, 7) is 0.379. The Morgan fingerprint density at radius 3 is 2.10 bits per heavy atom. The maximum Gasteiger partial charge on any atom is 0.309 e. The van der Waals surface area contributed by atoms with Crippen LogP contribution in [0.4, 0.5) is 0 Å². The number of amides is 1. The van der Waals surface area contributed by atoms with Crippen LogP contribution in [0.15, 0.2) is 0 Å². The number of hydrogen-bond acceptors (Lipinski definition) is 3. The van der Waals surface area contributed by atoms with E-state index in [0.717, 1.165) is 25.7 Å². The number of rotatable bonds is 4. The van der Waals surface area contributed by atoms with Crippen molar-refractivity contribution in [1.82, 2.24) is 4.90 Å². The molecule has 2 rings (SSSR count). The molecule has 0 bridgehead atoms. The number of carbonyl (C=O) groups excluding carboxylic acids is 1. The van der Waals surface area contributed by atoms with Crippen LogP contribution in [0.25, 0.3) is 0 Å². The zero-order valence-corrected chi connectivity index (χ0v) is 11.5. The Hall–Kier alpha value is -1.59. The molecule has 2 N–H and O–H groups in total. The van der Waals surface area contributed by atoms with Crippen molar-refractivity contribution in [2.24, 2.45) is 17.8 Å². The number of likely N-dealkylation sites (tertiary alicyclic amines) is 1. The van der Waals surface area contributed by atoms with E-state index in [-0.39, 0.29) is 18.9 Å². The largest absolute Gasteiger partial charge is 0.481 e. The molecule has 0 aromatic carbocycles. The summed E-state index contributed by atoms with van der Waals surface area (Å²) in [4.78, 5) is 36.0. The second kappa shape index (κ2) is 6.24. The summed E-state index contributed by atoms with van der Waals surface area (Å²) in [6.07, 6.45) is 5.17. The van der Waals surface area contributed by atoms with Crippen LogP contribution in [0.3, 0.4) is 0 Å². The third-order valence-electron chi connectivity index (χ3n) is 4.54. The second-order valence-electron chi connectivity index (χ2n) is 5.87. The van der Waals surface area contributed by atoms with E-state index in [4.69, 9.17) is 10.2 Å². The number of nitrogens with zero attached hydrogens (tertiary/aromatic N) is 1. The fourth-order valence-corrected chi connectivity index (χ4v) is 3.31. The molecule has 0 aromatic rings. The van der Waals surface area contributed by atoms with Crippen LogP contribution in [-0.2, 0) is 14.4 Å². The number of aliphatic carboxylic acids is 2. The van der Waals surface area contributed by atoms with Crippen LogP contribution in [0, 0.1) is 17.8 Å². The average Bonchev–Trinajstić information content (AvgIpc) is 2.90. The number of carboxylic acids is 2. The predicted octanol–water partition coefficient (Wildman–Crippen LogP) is 1.20. The van der Waals surface area contributed by atoms with Crippen LogP contribution >= 0.6 is 0 Å². The summed E-state index contributed by atoms with van der Waals surface area (Å²) in [5, 5.41) is 18.2. The standard InChI is InChI=1S/C14H21NO5/c16-12(7-9-3-1-2-4-9)15-6-5-10(13(17)18)11(8-15)14(19)20/h9-11H,1-8H2,(H,17,18)(H,19,20). The molecule has 1 aliphatic heterocycles. The van der Waals surface area contributed by atoms with Gasteiger partial charge < -0.3 is 15.1 Å². The summed E-state index contributed by atoms with van der Waals surface area (Å²) < 4.78 is 0. The predicted molar refractivity (Wildman–Crippen MR) is 70.0 cm³/mol. The van der Waals surface area contributed by atoms with E-state index in [0.29, 0.717) is 18.9 Å². The number of hydrogen-bond donors (Lipinski definition) is 2. The van der Waals surface area contributed by atoms with Crippen LogP contribution < -0.4 is 0 Å². The third kappa shape index (κ3) is 3.29. The molecular formula is C14H21NO5. The lowest BCUT2D eigenvalue weighted by molar-refractivity contribution is -0.159. The molecule has 0 spiro atoms. The van der Waals surface area contributed by atoms with Gasteiger partial charge >= 0.3 is 11.9 Å². The second-order valence-corrected chi connectivity index (χ2v) is 5.87. The summed E-state index contributed by atoms with van der Waals surface area (Å²) in [5.74, 6) is -3.69. The van der Waals surface area contributed by atoms with Gasteiger partial charge in [0, 0.05) is 19.5 Å². The minimum absolute atomic E-state index is 0.0213. The van der Waals surface area contributed by atoms with Crippen molar-refractivity contribution in [3.63, 3.8) is 0 Å². The Morgan fingerprint density at radius 2 is 1.55 bits per heavy atom. The Bertz CT molecular complexity index is 402. The third-order valence-corrected chi connectivity index (χ3v) is 4.54. The lowest BCUT2D eigenvalue weighted by Gasteiger charge is -2.35. The smallest absolute Gasteiger partial charge is 0.309 e. The van der Waals surface area contributed by atoms with E-state index in [1.807, 2.05) is 0 Å². The van der Waals surface area contributed by atoms with E-state index >= 15 is 0 Å². The molecule has 1 amide bonds. The van der Waals surface area contributed by atoms with Crippen molar-refractivity contribution < 1.29 is 24.6 Å². The maximum absolute atomic E-state index is 12.2. The fraction of sp³-hybridized carbons (Fsp3) is 0.786. The van der Waals surface area contributed by atoms with Crippen molar-refractivity contribution in [3.05, 3.63) is 0 Å².